The number of benzene rings is 1. The van der Waals surface area contributed by atoms with Crippen LogP contribution in [0.1, 0.15) is 17.0 Å². The van der Waals surface area contributed by atoms with Crippen LogP contribution in [0.3, 0.4) is 0 Å². The largest absolute Gasteiger partial charge is 0.384 e. The predicted octanol–water partition coefficient (Wildman–Crippen LogP) is 1.58. The van der Waals surface area contributed by atoms with Crippen LogP contribution in [0, 0.1) is 0 Å². The van der Waals surface area contributed by atoms with Gasteiger partial charge in [-0.2, -0.15) is 0 Å². The zero-order valence-electron chi connectivity index (χ0n) is 10.7. The van der Waals surface area contributed by atoms with Gasteiger partial charge in [0.25, 0.3) is 0 Å². The minimum Gasteiger partial charge on any atom is -0.384 e. The van der Waals surface area contributed by atoms with Crippen molar-refractivity contribution >= 4 is 0 Å². The molecule has 0 bridgehead atoms. The molecular weight excluding hydrogens is 226 g/mol. The number of hydrogen-bond donors (Lipinski definition) is 1. The molecule has 4 heteroatoms. The highest BCUT2D eigenvalue weighted by Gasteiger charge is 2.03. The van der Waals surface area contributed by atoms with E-state index in [9.17, 15) is 0 Å². The van der Waals surface area contributed by atoms with Crippen LogP contribution < -0.4 is 5.73 Å². The SMILES string of the molecule is COCCc1nccn1Cc1ccc(CN)cc1. The molecule has 0 fully saturated rings. The maximum atomic E-state index is 5.59. The Morgan fingerprint density at radius 3 is 2.61 bits per heavy atom. The first-order valence-electron chi connectivity index (χ1n) is 6.10. The van der Waals surface area contributed by atoms with Crippen LogP contribution in [0.5, 0.6) is 0 Å². The Bertz CT molecular complexity index is 476. The molecule has 0 amide bonds. The lowest BCUT2D eigenvalue weighted by molar-refractivity contribution is 0.199. The van der Waals surface area contributed by atoms with Crippen molar-refractivity contribution in [2.45, 2.75) is 19.5 Å². The molecule has 0 spiro atoms. The van der Waals surface area contributed by atoms with E-state index < -0.39 is 0 Å². The number of aromatic nitrogens is 2. The van der Waals surface area contributed by atoms with E-state index in [1.165, 1.54) is 5.56 Å². The molecule has 0 unspecified atom stereocenters. The first-order chi connectivity index (χ1) is 8.83. The molecule has 2 aromatic rings. The lowest BCUT2D eigenvalue weighted by Gasteiger charge is -2.08. The molecule has 0 atom stereocenters. The van der Waals surface area contributed by atoms with Gasteiger partial charge in [-0.05, 0) is 11.1 Å². The van der Waals surface area contributed by atoms with Crippen molar-refractivity contribution in [1.29, 1.82) is 0 Å². The number of imidazole rings is 1. The second-order valence-electron chi connectivity index (χ2n) is 4.23. The predicted molar refractivity (Wildman–Crippen MR) is 71.2 cm³/mol. The second kappa shape index (κ2) is 6.33. The fourth-order valence-electron chi connectivity index (χ4n) is 1.88. The van der Waals surface area contributed by atoms with Crippen LogP contribution in [0.25, 0.3) is 0 Å². The van der Waals surface area contributed by atoms with Crippen molar-refractivity contribution in [3.63, 3.8) is 0 Å². The summed E-state index contributed by atoms with van der Waals surface area (Å²) in [5.41, 5.74) is 8.00. The highest BCUT2D eigenvalue weighted by Crippen LogP contribution is 2.08. The molecular formula is C14H19N3O. The van der Waals surface area contributed by atoms with Crippen molar-refractivity contribution in [2.24, 2.45) is 5.73 Å². The fraction of sp³-hybridized carbons (Fsp3) is 0.357. The van der Waals surface area contributed by atoms with Gasteiger partial charge in [0, 0.05) is 39.0 Å². The van der Waals surface area contributed by atoms with Gasteiger partial charge < -0.3 is 15.0 Å². The summed E-state index contributed by atoms with van der Waals surface area (Å²) in [4.78, 5) is 4.35. The number of ether oxygens (including phenoxy) is 1. The molecule has 0 aliphatic carbocycles. The van der Waals surface area contributed by atoms with E-state index in [2.05, 4.69) is 33.8 Å². The van der Waals surface area contributed by atoms with Gasteiger partial charge in [0.1, 0.15) is 5.82 Å². The van der Waals surface area contributed by atoms with Gasteiger partial charge in [-0.15, -0.1) is 0 Å². The summed E-state index contributed by atoms with van der Waals surface area (Å²) in [7, 11) is 1.71. The Kier molecular flexibility index (Phi) is 4.50. The molecule has 0 aliphatic heterocycles. The normalized spacial score (nSPS) is 10.8. The van der Waals surface area contributed by atoms with Crippen LogP contribution in [0.4, 0.5) is 0 Å². The maximum Gasteiger partial charge on any atom is 0.111 e. The molecule has 1 heterocycles. The highest BCUT2D eigenvalue weighted by molar-refractivity contribution is 5.22. The third-order valence-corrected chi connectivity index (χ3v) is 2.94. The summed E-state index contributed by atoms with van der Waals surface area (Å²) in [6, 6.07) is 8.37. The Morgan fingerprint density at radius 2 is 1.94 bits per heavy atom. The van der Waals surface area contributed by atoms with Crippen LogP contribution in [0.2, 0.25) is 0 Å². The number of rotatable bonds is 6. The van der Waals surface area contributed by atoms with E-state index in [0.29, 0.717) is 13.2 Å². The van der Waals surface area contributed by atoms with Gasteiger partial charge >= 0.3 is 0 Å². The molecule has 0 radical (unpaired) electrons. The van der Waals surface area contributed by atoms with Crippen molar-refractivity contribution in [1.82, 2.24) is 9.55 Å². The topological polar surface area (TPSA) is 53.1 Å². The molecule has 4 nitrogen and oxygen atoms in total. The quantitative estimate of drug-likeness (QED) is 0.840. The minimum atomic E-state index is 0.588. The zero-order valence-corrected chi connectivity index (χ0v) is 10.7. The Hall–Kier alpha value is -1.65. The first-order valence-corrected chi connectivity index (χ1v) is 6.10. The lowest BCUT2D eigenvalue weighted by atomic mass is 10.1. The summed E-state index contributed by atoms with van der Waals surface area (Å²) in [6.07, 6.45) is 4.67. The fourth-order valence-corrected chi connectivity index (χ4v) is 1.88. The first kappa shape index (κ1) is 12.8. The van der Waals surface area contributed by atoms with Crippen molar-refractivity contribution in [3.05, 3.63) is 53.6 Å². The number of hydrogen-bond acceptors (Lipinski definition) is 3. The molecule has 2 rings (SSSR count). The summed E-state index contributed by atoms with van der Waals surface area (Å²) < 4.78 is 7.23. The van der Waals surface area contributed by atoms with Crippen molar-refractivity contribution in [3.8, 4) is 0 Å². The van der Waals surface area contributed by atoms with Gasteiger partial charge in [0.15, 0.2) is 0 Å². The third-order valence-electron chi connectivity index (χ3n) is 2.94. The number of nitrogens with two attached hydrogens (primary N) is 1. The number of methoxy groups -OCH3 is 1. The van der Waals surface area contributed by atoms with Crippen LogP contribution in [-0.4, -0.2) is 23.3 Å². The molecule has 1 aromatic carbocycles. The van der Waals surface area contributed by atoms with E-state index in [1.54, 1.807) is 7.11 Å². The third kappa shape index (κ3) is 3.18. The van der Waals surface area contributed by atoms with Gasteiger partial charge in [-0.3, -0.25) is 0 Å². The van der Waals surface area contributed by atoms with E-state index in [1.807, 2.05) is 12.4 Å². The molecule has 1 aromatic heterocycles. The molecule has 2 N–H and O–H groups in total. The number of nitrogens with zero attached hydrogens (tertiary/aromatic N) is 2. The monoisotopic (exact) mass is 245 g/mol. The molecule has 18 heavy (non-hydrogen) atoms. The average molecular weight is 245 g/mol. The Morgan fingerprint density at radius 1 is 1.22 bits per heavy atom. The second-order valence-corrected chi connectivity index (χ2v) is 4.23. The lowest BCUT2D eigenvalue weighted by Crippen LogP contribution is -2.07. The summed E-state index contributed by atoms with van der Waals surface area (Å²) in [5.74, 6) is 1.06. The van der Waals surface area contributed by atoms with Crippen molar-refractivity contribution < 1.29 is 4.74 Å². The van der Waals surface area contributed by atoms with Crippen LogP contribution in [-0.2, 0) is 24.2 Å². The van der Waals surface area contributed by atoms with Gasteiger partial charge in [-0.25, -0.2) is 4.98 Å². The molecule has 0 saturated heterocycles. The average Bonchev–Trinajstić information content (AvgIpc) is 2.84. The van der Waals surface area contributed by atoms with Crippen LogP contribution in [0.15, 0.2) is 36.7 Å². The van der Waals surface area contributed by atoms with Gasteiger partial charge in [0.05, 0.1) is 6.61 Å². The smallest absolute Gasteiger partial charge is 0.111 e. The van der Waals surface area contributed by atoms with Crippen molar-refractivity contribution in [2.75, 3.05) is 13.7 Å². The van der Waals surface area contributed by atoms with E-state index >= 15 is 0 Å². The standard InChI is InChI=1S/C14H19N3O/c1-18-9-6-14-16-7-8-17(14)11-13-4-2-12(10-15)3-5-13/h2-5,7-8H,6,9-11,15H2,1H3. The molecule has 0 saturated carbocycles. The van der Waals surface area contributed by atoms with Gasteiger partial charge in [-0.1, -0.05) is 24.3 Å². The van der Waals surface area contributed by atoms with E-state index in [4.69, 9.17) is 10.5 Å². The van der Waals surface area contributed by atoms with Crippen LogP contribution >= 0.6 is 0 Å². The van der Waals surface area contributed by atoms with E-state index in [-0.39, 0.29) is 0 Å². The minimum absolute atomic E-state index is 0.588. The highest BCUT2D eigenvalue weighted by atomic mass is 16.5. The zero-order chi connectivity index (χ0) is 12.8. The summed E-state index contributed by atoms with van der Waals surface area (Å²) in [6.45, 7) is 2.12. The molecule has 0 aliphatic rings. The maximum absolute atomic E-state index is 5.59. The molecule has 96 valence electrons. The van der Waals surface area contributed by atoms with E-state index in [0.717, 1.165) is 24.4 Å². The van der Waals surface area contributed by atoms with Gasteiger partial charge in [0.2, 0.25) is 0 Å². The Balaban J connectivity index is 2.05. The Labute approximate surface area is 107 Å². The summed E-state index contributed by atoms with van der Waals surface area (Å²) >= 11 is 0. The summed E-state index contributed by atoms with van der Waals surface area (Å²) in [5, 5.41) is 0.